The minimum absolute atomic E-state index is 0. The number of hydrogen-bond acceptors (Lipinski definition) is 10. The van der Waals surface area contributed by atoms with Crippen molar-refractivity contribution in [1.29, 1.82) is 5.26 Å². The molecule has 0 spiro atoms. The third-order valence-electron chi connectivity index (χ3n) is 7.83. The first-order valence-corrected chi connectivity index (χ1v) is 17.1. The Hall–Kier alpha value is -4.06. The van der Waals surface area contributed by atoms with Crippen LogP contribution in [0.2, 0.25) is 0 Å². The molecule has 1 saturated heterocycles. The van der Waals surface area contributed by atoms with E-state index in [4.69, 9.17) is 10.5 Å². The topological polar surface area (TPSA) is 137 Å². The molecule has 0 bridgehead atoms. The molecular formula is C34H35Cl2N7O3S2. The van der Waals surface area contributed by atoms with Crippen LogP contribution in [0.4, 0.5) is 5.13 Å². The van der Waals surface area contributed by atoms with E-state index in [1.54, 1.807) is 0 Å². The van der Waals surface area contributed by atoms with Crippen molar-refractivity contribution < 1.29 is 13.2 Å². The van der Waals surface area contributed by atoms with Gasteiger partial charge < -0.3 is 10.5 Å². The average molecular weight is 725 g/mol. The fourth-order valence-electron chi connectivity index (χ4n) is 5.47. The first-order chi connectivity index (χ1) is 22.4. The Morgan fingerprint density at radius 1 is 0.854 bits per heavy atom. The maximum atomic E-state index is 12.9. The zero-order valence-corrected chi connectivity index (χ0v) is 29.1. The SMILES string of the molecule is Cl.Cl.N#Cc1cc(S(=O)(=O)Nc2ncns2)ccc1Oc1ccc(-c2ccccc2)cc1-c1cccc(CN2CCN(CCN)CC2)c1. The Morgan fingerprint density at radius 3 is 2.29 bits per heavy atom. The van der Waals surface area contributed by atoms with Crippen LogP contribution in [-0.2, 0) is 16.6 Å². The Kier molecular flexibility index (Phi) is 12.9. The van der Waals surface area contributed by atoms with E-state index in [2.05, 4.69) is 72.4 Å². The molecule has 0 amide bonds. The fourth-order valence-corrected chi connectivity index (χ4v) is 7.15. The summed E-state index contributed by atoms with van der Waals surface area (Å²) < 4.78 is 38.5. The number of nitrogens with two attached hydrogens (primary N) is 1. The van der Waals surface area contributed by atoms with Gasteiger partial charge in [0.2, 0.25) is 5.13 Å². The molecular weight excluding hydrogens is 689 g/mol. The van der Waals surface area contributed by atoms with Gasteiger partial charge in [-0.1, -0.05) is 54.6 Å². The van der Waals surface area contributed by atoms with Gasteiger partial charge in [-0.25, -0.2) is 13.4 Å². The molecule has 0 aliphatic carbocycles. The van der Waals surface area contributed by atoms with Crippen LogP contribution in [0.25, 0.3) is 22.3 Å². The molecule has 1 aliphatic heterocycles. The van der Waals surface area contributed by atoms with Crippen molar-refractivity contribution in [3.05, 3.63) is 108 Å². The second-order valence-corrected chi connectivity index (χ2v) is 13.4. The van der Waals surface area contributed by atoms with Gasteiger partial charge >= 0.3 is 0 Å². The molecule has 4 aromatic carbocycles. The van der Waals surface area contributed by atoms with Crippen molar-refractivity contribution in [2.45, 2.75) is 11.4 Å². The molecule has 10 nitrogen and oxygen atoms in total. The molecule has 48 heavy (non-hydrogen) atoms. The van der Waals surface area contributed by atoms with Gasteiger partial charge in [0.1, 0.15) is 23.9 Å². The van der Waals surface area contributed by atoms with E-state index >= 15 is 0 Å². The van der Waals surface area contributed by atoms with Crippen LogP contribution in [0.15, 0.2) is 102 Å². The monoisotopic (exact) mass is 723 g/mol. The molecule has 6 rings (SSSR count). The Labute approximate surface area is 297 Å². The van der Waals surface area contributed by atoms with Gasteiger partial charge in [0.25, 0.3) is 10.0 Å². The summed E-state index contributed by atoms with van der Waals surface area (Å²) in [5.41, 5.74) is 10.9. The van der Waals surface area contributed by atoms with Gasteiger partial charge in [-0.3, -0.25) is 14.5 Å². The maximum absolute atomic E-state index is 12.9. The normalized spacial score (nSPS) is 13.5. The molecule has 2 heterocycles. The number of sulfonamides is 1. The summed E-state index contributed by atoms with van der Waals surface area (Å²) in [6, 6.07) is 30.8. The molecule has 250 valence electrons. The van der Waals surface area contributed by atoms with Gasteiger partial charge in [-0.2, -0.15) is 9.64 Å². The largest absolute Gasteiger partial charge is 0.455 e. The highest BCUT2D eigenvalue weighted by molar-refractivity contribution is 7.93. The van der Waals surface area contributed by atoms with Gasteiger partial charge in [-0.05, 0) is 58.7 Å². The lowest BCUT2D eigenvalue weighted by Gasteiger charge is -2.34. The summed E-state index contributed by atoms with van der Waals surface area (Å²) in [5, 5.41) is 10.1. The first kappa shape index (κ1) is 36.8. The van der Waals surface area contributed by atoms with Crippen molar-refractivity contribution >= 4 is 51.5 Å². The number of anilines is 1. The van der Waals surface area contributed by atoms with Gasteiger partial charge in [0.15, 0.2) is 0 Å². The zero-order chi connectivity index (χ0) is 31.9. The molecule has 0 atom stereocenters. The van der Waals surface area contributed by atoms with Crippen molar-refractivity contribution in [2.75, 3.05) is 44.0 Å². The molecule has 0 radical (unpaired) electrons. The Bertz CT molecular complexity index is 1950. The Balaban J connectivity index is 0.00000260. The van der Waals surface area contributed by atoms with Crippen molar-refractivity contribution in [3.63, 3.8) is 0 Å². The van der Waals surface area contributed by atoms with E-state index in [-0.39, 0.29) is 46.2 Å². The second-order valence-electron chi connectivity index (χ2n) is 10.9. The smallest absolute Gasteiger partial charge is 0.263 e. The standard InChI is InChI=1S/C34H33N7O3S2.2ClH/c35-13-14-40-15-17-41(18-16-40)23-25-5-4-8-28(19-25)31-21-27(26-6-2-1-3-7-26)9-11-33(31)44-32-12-10-30(20-29(32)22-36)46(42,43)39-34-37-24-38-45-34;;/h1-12,19-21,24H,13-18,23,35H2,(H,37,38,39);2*1H. The average Bonchev–Trinajstić information content (AvgIpc) is 3.59. The van der Waals surface area contributed by atoms with Crippen LogP contribution in [0, 0.1) is 11.3 Å². The van der Waals surface area contributed by atoms with E-state index in [1.165, 1.54) is 30.1 Å². The maximum Gasteiger partial charge on any atom is 0.263 e. The number of benzene rings is 4. The second kappa shape index (κ2) is 16.9. The zero-order valence-electron chi connectivity index (χ0n) is 25.9. The van der Waals surface area contributed by atoms with Gasteiger partial charge in [0, 0.05) is 62.9 Å². The van der Waals surface area contributed by atoms with E-state index in [9.17, 15) is 13.7 Å². The molecule has 5 aromatic rings. The van der Waals surface area contributed by atoms with Crippen molar-refractivity contribution in [2.24, 2.45) is 5.73 Å². The predicted molar refractivity (Wildman–Crippen MR) is 195 cm³/mol. The molecule has 1 fully saturated rings. The number of ether oxygens (including phenoxy) is 1. The highest BCUT2D eigenvalue weighted by Gasteiger charge is 2.20. The van der Waals surface area contributed by atoms with Crippen LogP contribution < -0.4 is 15.2 Å². The lowest BCUT2D eigenvalue weighted by molar-refractivity contribution is 0.130. The highest BCUT2D eigenvalue weighted by atomic mass is 35.5. The molecule has 0 unspecified atom stereocenters. The van der Waals surface area contributed by atoms with E-state index < -0.39 is 10.0 Å². The van der Waals surface area contributed by atoms with Crippen molar-refractivity contribution in [1.82, 2.24) is 19.2 Å². The third kappa shape index (κ3) is 8.89. The number of halogens is 2. The molecule has 3 N–H and O–H groups in total. The number of nitriles is 1. The molecule has 0 saturated carbocycles. The number of hydrogen-bond donors (Lipinski definition) is 2. The van der Waals surface area contributed by atoms with E-state index in [0.29, 0.717) is 12.3 Å². The lowest BCUT2D eigenvalue weighted by Crippen LogP contribution is -2.47. The number of piperazine rings is 1. The summed E-state index contributed by atoms with van der Waals surface area (Å²) in [6.45, 7) is 6.43. The quantitative estimate of drug-likeness (QED) is 0.162. The highest BCUT2D eigenvalue weighted by Crippen LogP contribution is 2.38. The van der Waals surface area contributed by atoms with Crippen LogP contribution in [-0.4, -0.2) is 66.8 Å². The summed E-state index contributed by atoms with van der Waals surface area (Å²) in [7, 11) is -3.98. The number of rotatable bonds is 11. The first-order valence-electron chi connectivity index (χ1n) is 14.9. The molecule has 1 aliphatic rings. The van der Waals surface area contributed by atoms with Crippen LogP contribution in [0.1, 0.15) is 11.1 Å². The summed E-state index contributed by atoms with van der Waals surface area (Å²) in [4.78, 5) is 8.65. The number of aromatic nitrogens is 2. The molecule has 1 aromatic heterocycles. The Morgan fingerprint density at radius 2 is 1.58 bits per heavy atom. The van der Waals surface area contributed by atoms with E-state index in [1.807, 2.05) is 30.3 Å². The fraction of sp³-hybridized carbons (Fsp3) is 0.206. The minimum atomic E-state index is -3.98. The minimum Gasteiger partial charge on any atom is -0.455 e. The van der Waals surface area contributed by atoms with Crippen LogP contribution in [0.5, 0.6) is 11.5 Å². The van der Waals surface area contributed by atoms with Crippen molar-refractivity contribution in [3.8, 4) is 39.8 Å². The summed E-state index contributed by atoms with van der Waals surface area (Å²) in [5.74, 6) is 0.795. The number of nitrogens with zero attached hydrogens (tertiary/aromatic N) is 5. The van der Waals surface area contributed by atoms with Gasteiger partial charge in [-0.15, -0.1) is 24.8 Å². The summed E-state index contributed by atoms with van der Waals surface area (Å²) in [6.07, 6.45) is 1.27. The van der Waals surface area contributed by atoms with E-state index in [0.717, 1.165) is 73.1 Å². The predicted octanol–water partition coefficient (Wildman–Crippen LogP) is 6.26. The number of nitrogens with one attached hydrogen (secondary N) is 1. The van der Waals surface area contributed by atoms with Crippen LogP contribution >= 0.6 is 36.3 Å². The third-order valence-corrected chi connectivity index (χ3v) is 9.87. The summed E-state index contributed by atoms with van der Waals surface area (Å²) >= 11 is 0.921. The lowest BCUT2D eigenvalue weighted by atomic mass is 9.97. The molecule has 14 heteroatoms. The van der Waals surface area contributed by atoms with Crippen LogP contribution in [0.3, 0.4) is 0 Å². The van der Waals surface area contributed by atoms with Gasteiger partial charge in [0.05, 0.1) is 10.5 Å².